The fourth-order valence-electron chi connectivity index (χ4n) is 2.15. The van der Waals surface area contributed by atoms with E-state index in [-0.39, 0.29) is 0 Å². The smallest absolute Gasteiger partial charge is 0.145 e. The molecule has 0 amide bonds. The molecule has 0 N–H and O–H groups in total. The number of fused-ring (bicyclic) bond motifs is 1. The van der Waals surface area contributed by atoms with E-state index in [0.717, 1.165) is 22.6 Å². The summed E-state index contributed by atoms with van der Waals surface area (Å²) in [5, 5.41) is 3.54. The van der Waals surface area contributed by atoms with Gasteiger partial charge in [-0.3, -0.25) is 4.90 Å². The first-order valence-electron chi connectivity index (χ1n) is 5.91. The quantitative estimate of drug-likeness (QED) is 0.813. The van der Waals surface area contributed by atoms with E-state index in [9.17, 15) is 0 Å². The Morgan fingerprint density at radius 3 is 3.17 bits per heavy atom. The average molecular weight is 300 g/mol. The van der Waals surface area contributed by atoms with Gasteiger partial charge in [-0.2, -0.15) is 11.8 Å². The van der Waals surface area contributed by atoms with Crippen molar-refractivity contribution in [1.82, 2.24) is 14.9 Å². The van der Waals surface area contributed by atoms with Gasteiger partial charge in [0.2, 0.25) is 0 Å². The van der Waals surface area contributed by atoms with Crippen LogP contribution in [-0.4, -0.2) is 39.5 Å². The summed E-state index contributed by atoms with van der Waals surface area (Å²) in [5.74, 6) is 3.31. The molecule has 1 atom stereocenters. The molecule has 3 nitrogen and oxygen atoms in total. The van der Waals surface area contributed by atoms with Crippen LogP contribution in [0.1, 0.15) is 12.2 Å². The van der Waals surface area contributed by atoms with Gasteiger partial charge in [-0.25, -0.2) is 9.97 Å². The van der Waals surface area contributed by atoms with Crippen LogP contribution in [0.25, 0.3) is 10.2 Å². The summed E-state index contributed by atoms with van der Waals surface area (Å²) in [6.45, 7) is 0.777. The number of nitrogens with zero attached hydrogens (tertiary/aromatic N) is 3. The summed E-state index contributed by atoms with van der Waals surface area (Å²) in [6.07, 6.45) is 1.26. The standard InChI is InChI=1S/C12H14ClN3S2/c1-16(8-2-4-17-7-8)6-10-14-11(13)9-3-5-18-12(9)15-10/h3,5,8H,2,4,6-7H2,1H3. The van der Waals surface area contributed by atoms with Crippen molar-refractivity contribution in [3.8, 4) is 0 Å². The molecule has 1 saturated heterocycles. The number of halogens is 1. The van der Waals surface area contributed by atoms with Crippen LogP contribution in [0.2, 0.25) is 5.15 Å². The van der Waals surface area contributed by atoms with E-state index in [2.05, 4.69) is 21.9 Å². The zero-order valence-electron chi connectivity index (χ0n) is 10.1. The van der Waals surface area contributed by atoms with Crippen molar-refractivity contribution in [3.63, 3.8) is 0 Å². The van der Waals surface area contributed by atoms with Gasteiger partial charge in [0.1, 0.15) is 15.8 Å². The van der Waals surface area contributed by atoms with Crippen molar-refractivity contribution in [2.75, 3.05) is 18.6 Å². The molecule has 3 rings (SSSR count). The number of thiophene rings is 1. The molecule has 2 aromatic heterocycles. The van der Waals surface area contributed by atoms with E-state index in [1.54, 1.807) is 11.3 Å². The number of rotatable bonds is 3. The lowest BCUT2D eigenvalue weighted by Gasteiger charge is -2.22. The molecule has 2 aromatic rings. The number of thioether (sulfide) groups is 1. The Labute approximate surface area is 120 Å². The molecule has 1 aliphatic rings. The molecule has 0 aromatic carbocycles. The van der Waals surface area contributed by atoms with Crippen molar-refractivity contribution in [3.05, 3.63) is 22.4 Å². The van der Waals surface area contributed by atoms with Gasteiger partial charge in [0, 0.05) is 17.2 Å². The van der Waals surface area contributed by atoms with Gasteiger partial charge < -0.3 is 0 Å². The van der Waals surface area contributed by atoms with Crippen LogP contribution in [0.4, 0.5) is 0 Å². The van der Waals surface area contributed by atoms with E-state index in [1.807, 2.05) is 23.2 Å². The van der Waals surface area contributed by atoms with Gasteiger partial charge in [0.25, 0.3) is 0 Å². The van der Waals surface area contributed by atoms with Crippen molar-refractivity contribution in [2.24, 2.45) is 0 Å². The summed E-state index contributed by atoms with van der Waals surface area (Å²) < 4.78 is 0. The molecule has 6 heteroatoms. The first-order chi connectivity index (χ1) is 8.74. The molecule has 0 saturated carbocycles. The van der Waals surface area contributed by atoms with E-state index < -0.39 is 0 Å². The Morgan fingerprint density at radius 1 is 1.50 bits per heavy atom. The molecule has 1 fully saturated rings. The maximum Gasteiger partial charge on any atom is 0.145 e. The summed E-state index contributed by atoms with van der Waals surface area (Å²) in [6, 6.07) is 2.63. The summed E-state index contributed by atoms with van der Waals surface area (Å²) in [7, 11) is 2.15. The lowest BCUT2D eigenvalue weighted by atomic mass is 10.2. The second-order valence-electron chi connectivity index (χ2n) is 4.50. The third kappa shape index (κ3) is 2.50. The lowest BCUT2D eigenvalue weighted by Crippen LogP contribution is -2.31. The normalized spacial score (nSPS) is 20.1. The van der Waals surface area contributed by atoms with Gasteiger partial charge in [-0.15, -0.1) is 11.3 Å². The number of hydrogen-bond donors (Lipinski definition) is 0. The summed E-state index contributed by atoms with van der Waals surface area (Å²) in [5.41, 5.74) is 0. The third-order valence-electron chi connectivity index (χ3n) is 3.24. The predicted molar refractivity (Wildman–Crippen MR) is 79.6 cm³/mol. The topological polar surface area (TPSA) is 29.0 Å². The second kappa shape index (κ2) is 5.33. The molecule has 96 valence electrons. The second-order valence-corrected chi connectivity index (χ2v) is 6.91. The van der Waals surface area contributed by atoms with E-state index in [0.29, 0.717) is 11.2 Å². The molecule has 18 heavy (non-hydrogen) atoms. The molecule has 0 bridgehead atoms. The Balaban J connectivity index is 1.81. The minimum atomic E-state index is 0.574. The van der Waals surface area contributed by atoms with Crippen LogP contribution in [0.15, 0.2) is 11.4 Å². The molecule has 0 spiro atoms. The van der Waals surface area contributed by atoms with Crippen LogP contribution in [0, 0.1) is 0 Å². The number of hydrogen-bond acceptors (Lipinski definition) is 5. The van der Waals surface area contributed by atoms with E-state index in [4.69, 9.17) is 11.6 Å². The van der Waals surface area contributed by atoms with Gasteiger partial charge in [0.15, 0.2) is 0 Å². The SMILES string of the molecule is CN(Cc1nc(Cl)c2ccsc2n1)C1CCSC1. The highest BCUT2D eigenvalue weighted by atomic mass is 35.5. The minimum Gasteiger partial charge on any atom is -0.295 e. The maximum atomic E-state index is 6.18. The van der Waals surface area contributed by atoms with Crippen molar-refractivity contribution in [2.45, 2.75) is 19.0 Å². The van der Waals surface area contributed by atoms with Crippen molar-refractivity contribution in [1.29, 1.82) is 0 Å². The first kappa shape index (κ1) is 12.7. The molecule has 0 radical (unpaired) electrons. The van der Waals surface area contributed by atoms with Crippen LogP contribution in [-0.2, 0) is 6.54 Å². The average Bonchev–Trinajstić information content (AvgIpc) is 2.99. The monoisotopic (exact) mass is 299 g/mol. The predicted octanol–water partition coefficient (Wildman–Crippen LogP) is 3.28. The van der Waals surface area contributed by atoms with E-state index in [1.165, 1.54) is 17.9 Å². The Kier molecular flexibility index (Phi) is 3.75. The molecular formula is C12H14ClN3S2. The highest BCUT2D eigenvalue weighted by molar-refractivity contribution is 7.99. The summed E-state index contributed by atoms with van der Waals surface area (Å²) in [4.78, 5) is 12.3. The van der Waals surface area contributed by atoms with Gasteiger partial charge in [-0.1, -0.05) is 11.6 Å². The Bertz CT molecular complexity index is 551. The zero-order chi connectivity index (χ0) is 12.5. The van der Waals surface area contributed by atoms with Gasteiger partial charge >= 0.3 is 0 Å². The fraction of sp³-hybridized carbons (Fsp3) is 0.500. The third-order valence-corrected chi connectivity index (χ3v) is 5.48. The highest BCUT2D eigenvalue weighted by Gasteiger charge is 2.21. The van der Waals surface area contributed by atoms with Crippen LogP contribution >= 0.6 is 34.7 Å². The Morgan fingerprint density at radius 2 is 2.39 bits per heavy atom. The van der Waals surface area contributed by atoms with Gasteiger partial charge in [-0.05, 0) is 30.7 Å². The van der Waals surface area contributed by atoms with Crippen molar-refractivity contribution >= 4 is 44.9 Å². The highest BCUT2D eigenvalue weighted by Crippen LogP contribution is 2.26. The molecule has 1 unspecified atom stereocenters. The van der Waals surface area contributed by atoms with Crippen LogP contribution in [0.3, 0.4) is 0 Å². The Hall–Kier alpha value is -0.360. The summed E-state index contributed by atoms with van der Waals surface area (Å²) >= 11 is 9.82. The molecule has 0 aliphatic carbocycles. The fourth-order valence-corrected chi connectivity index (χ4v) is 4.54. The molecule has 1 aliphatic heterocycles. The molecule has 3 heterocycles. The lowest BCUT2D eigenvalue weighted by molar-refractivity contribution is 0.248. The first-order valence-corrected chi connectivity index (χ1v) is 8.33. The van der Waals surface area contributed by atoms with E-state index >= 15 is 0 Å². The maximum absolute atomic E-state index is 6.18. The van der Waals surface area contributed by atoms with Crippen LogP contribution < -0.4 is 0 Å². The number of aromatic nitrogens is 2. The minimum absolute atomic E-state index is 0.574. The zero-order valence-corrected chi connectivity index (χ0v) is 12.5. The van der Waals surface area contributed by atoms with Crippen molar-refractivity contribution < 1.29 is 0 Å². The van der Waals surface area contributed by atoms with Gasteiger partial charge in [0.05, 0.1) is 6.54 Å². The largest absolute Gasteiger partial charge is 0.295 e. The molecular weight excluding hydrogens is 286 g/mol. The van der Waals surface area contributed by atoms with Crippen LogP contribution in [0.5, 0.6) is 0 Å².